The second kappa shape index (κ2) is 8.50. The second-order valence-corrected chi connectivity index (χ2v) is 13.6. The summed E-state index contributed by atoms with van der Waals surface area (Å²) in [7, 11) is -3.60. The van der Waals surface area contributed by atoms with Gasteiger partial charge in [-0.25, -0.2) is 8.42 Å². The Morgan fingerprint density at radius 1 is 0.867 bits per heavy atom. The quantitative estimate of drug-likeness (QED) is 0.523. The molecule has 1 aliphatic heterocycles. The van der Waals surface area contributed by atoms with E-state index >= 15 is 0 Å². The highest BCUT2D eigenvalue weighted by Crippen LogP contribution is 2.48. The van der Waals surface area contributed by atoms with E-state index in [0.29, 0.717) is 17.9 Å². The summed E-state index contributed by atoms with van der Waals surface area (Å²) in [6, 6.07) is 24.9. The SMILES string of the molecule is Cc1ccc(S(=O)(=O)N2CCC/C2=C\P(=S)(c2ccccc2)c2ccccc2)cc1. The van der Waals surface area contributed by atoms with E-state index in [1.54, 1.807) is 16.4 Å². The van der Waals surface area contributed by atoms with E-state index in [0.717, 1.165) is 28.3 Å². The smallest absolute Gasteiger partial charge is 0.264 e. The molecule has 0 unspecified atom stereocenters. The minimum Gasteiger partial charge on any atom is -0.270 e. The molecule has 1 fully saturated rings. The molecule has 1 aliphatic rings. The van der Waals surface area contributed by atoms with Crippen molar-refractivity contribution in [2.75, 3.05) is 6.54 Å². The first-order valence-electron chi connectivity index (χ1n) is 9.93. The van der Waals surface area contributed by atoms with E-state index in [2.05, 4.69) is 30.1 Å². The van der Waals surface area contributed by atoms with E-state index < -0.39 is 16.1 Å². The molecule has 1 saturated heterocycles. The molecule has 0 amide bonds. The summed E-state index contributed by atoms with van der Waals surface area (Å²) in [5, 5.41) is 2.14. The number of hydrogen-bond acceptors (Lipinski definition) is 3. The van der Waals surface area contributed by atoms with Crippen molar-refractivity contribution in [2.45, 2.75) is 24.7 Å². The van der Waals surface area contributed by atoms with Crippen LogP contribution in [0.3, 0.4) is 0 Å². The van der Waals surface area contributed by atoms with Gasteiger partial charge < -0.3 is 0 Å². The van der Waals surface area contributed by atoms with E-state index in [4.69, 9.17) is 11.8 Å². The highest BCUT2D eigenvalue weighted by molar-refractivity contribution is 8.23. The molecule has 4 rings (SSSR count). The zero-order valence-electron chi connectivity index (χ0n) is 16.8. The Morgan fingerprint density at radius 2 is 1.40 bits per heavy atom. The molecule has 0 bridgehead atoms. The molecule has 0 aromatic heterocycles. The second-order valence-electron chi connectivity index (χ2n) is 7.44. The van der Waals surface area contributed by atoms with Crippen molar-refractivity contribution in [3.63, 3.8) is 0 Å². The summed E-state index contributed by atoms with van der Waals surface area (Å²) in [5.41, 5.74) is 1.85. The lowest BCUT2D eigenvalue weighted by molar-refractivity contribution is 0.511. The number of nitrogens with zero attached hydrogens (tertiary/aromatic N) is 1. The van der Waals surface area contributed by atoms with Crippen LogP contribution in [-0.4, -0.2) is 19.3 Å². The minimum atomic E-state index is -3.60. The van der Waals surface area contributed by atoms with E-state index in [9.17, 15) is 8.42 Å². The molecule has 30 heavy (non-hydrogen) atoms. The third-order valence-electron chi connectivity index (χ3n) is 5.33. The molecule has 3 aromatic rings. The molecule has 0 aliphatic carbocycles. The minimum absolute atomic E-state index is 0.327. The predicted molar refractivity (Wildman–Crippen MR) is 129 cm³/mol. The van der Waals surface area contributed by atoms with Crippen LogP contribution < -0.4 is 10.6 Å². The van der Waals surface area contributed by atoms with Crippen LogP contribution in [0.2, 0.25) is 0 Å². The van der Waals surface area contributed by atoms with Crippen molar-refractivity contribution in [2.24, 2.45) is 0 Å². The van der Waals surface area contributed by atoms with Gasteiger partial charge in [-0.05, 0) is 48.3 Å². The van der Waals surface area contributed by atoms with Gasteiger partial charge in [-0.3, -0.25) is 4.31 Å². The topological polar surface area (TPSA) is 37.4 Å². The van der Waals surface area contributed by atoms with Gasteiger partial charge in [0.05, 0.1) is 4.90 Å². The largest absolute Gasteiger partial charge is 0.270 e. The van der Waals surface area contributed by atoms with E-state index in [1.165, 1.54) is 0 Å². The fourth-order valence-corrected chi connectivity index (χ4v) is 8.96. The van der Waals surface area contributed by atoms with Gasteiger partial charge in [0.1, 0.15) is 0 Å². The van der Waals surface area contributed by atoms with Gasteiger partial charge in [0.25, 0.3) is 10.0 Å². The van der Waals surface area contributed by atoms with Gasteiger partial charge in [0.15, 0.2) is 0 Å². The third-order valence-corrected chi connectivity index (χ3v) is 11.6. The fourth-order valence-electron chi connectivity index (χ4n) is 3.72. The Kier molecular flexibility index (Phi) is 5.97. The molecule has 6 heteroatoms. The van der Waals surface area contributed by atoms with Crippen molar-refractivity contribution >= 4 is 38.5 Å². The number of sulfonamides is 1. The first kappa shape index (κ1) is 21.0. The van der Waals surface area contributed by atoms with Crippen molar-refractivity contribution in [1.82, 2.24) is 4.31 Å². The fraction of sp³-hybridized carbons (Fsp3) is 0.167. The maximum Gasteiger partial charge on any atom is 0.264 e. The normalized spacial score (nSPS) is 16.2. The number of rotatable bonds is 5. The third kappa shape index (κ3) is 4.02. The standard InChI is InChI=1S/C24H24NO2PS2/c1-20-14-16-24(17-15-20)30(26,27)25-18-8-9-21(25)19-28(29,22-10-4-2-5-11-22)23-12-6-3-7-13-23/h2-7,10-17,19H,8-9,18H2,1H3/b21-19+. The molecule has 154 valence electrons. The van der Waals surface area contributed by atoms with Gasteiger partial charge in [0.2, 0.25) is 0 Å². The summed E-state index contributed by atoms with van der Waals surface area (Å²) >= 11 is 6.29. The van der Waals surface area contributed by atoms with Gasteiger partial charge in [-0.2, -0.15) is 0 Å². The molecule has 3 aromatic carbocycles. The maximum atomic E-state index is 13.4. The predicted octanol–water partition coefficient (Wildman–Crippen LogP) is 4.75. The first-order chi connectivity index (χ1) is 14.4. The van der Waals surface area contributed by atoms with Gasteiger partial charge in [-0.15, -0.1) is 0 Å². The van der Waals surface area contributed by atoms with Crippen molar-refractivity contribution < 1.29 is 8.42 Å². The lowest BCUT2D eigenvalue weighted by Gasteiger charge is -2.25. The molecular formula is C24H24NO2PS2. The van der Waals surface area contributed by atoms with E-state index in [-0.39, 0.29) is 0 Å². The highest BCUT2D eigenvalue weighted by atomic mass is 32.4. The van der Waals surface area contributed by atoms with E-state index in [1.807, 2.05) is 55.5 Å². The van der Waals surface area contributed by atoms with Crippen LogP contribution in [0.25, 0.3) is 0 Å². The molecule has 3 nitrogen and oxygen atoms in total. The summed E-state index contributed by atoms with van der Waals surface area (Å²) in [4.78, 5) is 0.327. The Labute approximate surface area is 184 Å². The summed E-state index contributed by atoms with van der Waals surface area (Å²) in [5.74, 6) is 2.08. The summed E-state index contributed by atoms with van der Waals surface area (Å²) in [6.45, 7) is 2.44. The van der Waals surface area contributed by atoms with Gasteiger partial charge in [0, 0.05) is 18.3 Å². The monoisotopic (exact) mass is 453 g/mol. The molecule has 0 N–H and O–H groups in total. The molecule has 0 spiro atoms. The van der Waals surface area contributed by atoms with Gasteiger partial charge in [-0.1, -0.05) is 90.2 Å². The molecule has 0 saturated carbocycles. The van der Waals surface area contributed by atoms with Crippen molar-refractivity contribution in [1.29, 1.82) is 0 Å². The summed E-state index contributed by atoms with van der Waals surface area (Å²) < 4.78 is 28.3. The van der Waals surface area contributed by atoms with Crippen LogP contribution in [0.4, 0.5) is 0 Å². The maximum absolute atomic E-state index is 13.4. The van der Waals surface area contributed by atoms with Gasteiger partial charge >= 0.3 is 0 Å². The Balaban J connectivity index is 1.82. The zero-order valence-corrected chi connectivity index (χ0v) is 19.3. The lowest BCUT2D eigenvalue weighted by atomic mass is 10.2. The van der Waals surface area contributed by atoms with Crippen LogP contribution >= 0.6 is 6.04 Å². The van der Waals surface area contributed by atoms with Crippen LogP contribution in [0.15, 0.2) is 101 Å². The number of benzene rings is 3. The van der Waals surface area contributed by atoms with Crippen molar-refractivity contribution in [3.05, 3.63) is 102 Å². The first-order valence-corrected chi connectivity index (χ1v) is 14.2. The number of allylic oxidation sites excluding steroid dienone is 1. The number of aryl methyl sites for hydroxylation is 1. The molecule has 1 heterocycles. The highest BCUT2D eigenvalue weighted by Gasteiger charge is 2.32. The Morgan fingerprint density at radius 3 is 1.93 bits per heavy atom. The van der Waals surface area contributed by atoms with Crippen LogP contribution in [0.1, 0.15) is 18.4 Å². The molecule has 0 radical (unpaired) electrons. The van der Waals surface area contributed by atoms with Crippen LogP contribution in [0, 0.1) is 6.92 Å². The summed E-state index contributed by atoms with van der Waals surface area (Å²) in [6.07, 6.45) is 1.51. The Bertz CT molecular complexity index is 1160. The molecular weight excluding hydrogens is 429 g/mol. The average Bonchev–Trinajstić information content (AvgIpc) is 3.24. The number of hydrogen-bond donors (Lipinski definition) is 0. The van der Waals surface area contributed by atoms with Crippen LogP contribution in [-0.2, 0) is 21.8 Å². The van der Waals surface area contributed by atoms with Crippen LogP contribution in [0.5, 0.6) is 0 Å². The Hall–Kier alpha value is -2.20. The average molecular weight is 454 g/mol. The van der Waals surface area contributed by atoms with Crippen molar-refractivity contribution in [3.8, 4) is 0 Å². The molecule has 0 atom stereocenters. The lowest BCUT2D eigenvalue weighted by Crippen LogP contribution is -2.27. The zero-order chi connectivity index (χ0) is 21.2.